The molecule has 5 nitrogen and oxygen atoms in total. The third-order valence-corrected chi connectivity index (χ3v) is 4.62. The van der Waals surface area contributed by atoms with E-state index >= 15 is 0 Å². The van der Waals surface area contributed by atoms with Crippen LogP contribution in [-0.4, -0.2) is 41.6 Å². The van der Waals surface area contributed by atoms with E-state index in [0.29, 0.717) is 24.9 Å². The summed E-state index contributed by atoms with van der Waals surface area (Å²) in [7, 11) is 1.88. The maximum atomic E-state index is 12.1. The van der Waals surface area contributed by atoms with Crippen LogP contribution in [0.2, 0.25) is 0 Å². The van der Waals surface area contributed by atoms with Crippen molar-refractivity contribution < 1.29 is 14.7 Å². The van der Waals surface area contributed by atoms with Gasteiger partial charge in [0.1, 0.15) is 0 Å². The third-order valence-electron chi connectivity index (χ3n) is 4.62. The predicted molar refractivity (Wildman–Crippen MR) is 83.2 cm³/mol. The molecule has 0 bridgehead atoms. The summed E-state index contributed by atoms with van der Waals surface area (Å²) in [5.41, 5.74) is 0. The number of nitrogens with zero attached hydrogens (tertiary/aromatic N) is 1. The van der Waals surface area contributed by atoms with E-state index in [-0.39, 0.29) is 12.5 Å². The van der Waals surface area contributed by atoms with Crippen molar-refractivity contribution in [2.24, 2.45) is 11.8 Å². The van der Waals surface area contributed by atoms with Gasteiger partial charge in [0.15, 0.2) is 0 Å². The average molecular weight is 298 g/mol. The lowest BCUT2D eigenvalue weighted by atomic mass is 9.87. The quantitative estimate of drug-likeness (QED) is 0.759. The largest absolute Gasteiger partial charge is 0.481 e. The molecule has 1 atom stereocenters. The SMILES string of the molecule is CC(CCNC(=O)N(C)C1CCC(C)CC1)CCC(=O)O. The average Bonchev–Trinajstić information content (AvgIpc) is 2.45. The van der Waals surface area contributed by atoms with E-state index < -0.39 is 5.97 Å². The zero-order valence-electron chi connectivity index (χ0n) is 13.6. The Labute approximate surface area is 128 Å². The molecule has 1 aliphatic carbocycles. The van der Waals surface area contributed by atoms with Crippen LogP contribution in [0.1, 0.15) is 58.8 Å². The smallest absolute Gasteiger partial charge is 0.317 e. The molecule has 0 saturated heterocycles. The Morgan fingerprint density at radius 3 is 2.43 bits per heavy atom. The van der Waals surface area contributed by atoms with Crippen molar-refractivity contribution in [3.05, 3.63) is 0 Å². The Hall–Kier alpha value is -1.26. The highest BCUT2D eigenvalue weighted by Crippen LogP contribution is 2.26. The number of carbonyl (C=O) groups excluding carboxylic acids is 1. The maximum absolute atomic E-state index is 12.1. The van der Waals surface area contributed by atoms with Crippen LogP contribution >= 0.6 is 0 Å². The van der Waals surface area contributed by atoms with Crippen LogP contribution in [-0.2, 0) is 4.79 Å². The lowest BCUT2D eigenvalue weighted by molar-refractivity contribution is -0.137. The van der Waals surface area contributed by atoms with Gasteiger partial charge < -0.3 is 15.3 Å². The summed E-state index contributed by atoms with van der Waals surface area (Å²) in [5, 5.41) is 11.6. The summed E-state index contributed by atoms with van der Waals surface area (Å²) in [4.78, 5) is 24.4. The Morgan fingerprint density at radius 1 is 1.24 bits per heavy atom. The fourth-order valence-electron chi connectivity index (χ4n) is 2.86. The van der Waals surface area contributed by atoms with Crippen molar-refractivity contribution >= 4 is 12.0 Å². The molecule has 0 heterocycles. The second-order valence-electron chi connectivity index (χ2n) is 6.58. The highest BCUT2D eigenvalue weighted by molar-refractivity contribution is 5.74. The Bertz CT molecular complexity index is 338. The highest BCUT2D eigenvalue weighted by Gasteiger charge is 2.24. The van der Waals surface area contributed by atoms with Crippen LogP contribution in [0.3, 0.4) is 0 Å². The molecule has 5 heteroatoms. The second kappa shape index (κ2) is 8.90. The summed E-state index contributed by atoms with van der Waals surface area (Å²) in [6, 6.07) is 0.366. The Balaban J connectivity index is 2.19. The molecule has 1 unspecified atom stereocenters. The van der Waals surface area contributed by atoms with Gasteiger partial charge in [0.25, 0.3) is 0 Å². The molecule has 2 N–H and O–H groups in total. The van der Waals surface area contributed by atoms with Gasteiger partial charge in [0.2, 0.25) is 0 Å². The van der Waals surface area contributed by atoms with Gasteiger partial charge in [-0.1, -0.05) is 13.8 Å². The molecule has 0 aromatic carbocycles. The molecule has 2 amide bonds. The number of carboxylic acid groups (broad SMARTS) is 1. The van der Waals surface area contributed by atoms with Crippen LogP contribution in [0.4, 0.5) is 4.79 Å². The van der Waals surface area contributed by atoms with E-state index in [4.69, 9.17) is 5.11 Å². The normalized spacial score (nSPS) is 23.4. The first-order chi connectivity index (χ1) is 9.90. The number of amides is 2. The molecule has 1 aliphatic rings. The number of urea groups is 1. The van der Waals surface area contributed by atoms with E-state index in [1.165, 1.54) is 12.8 Å². The molecule has 1 fully saturated rings. The van der Waals surface area contributed by atoms with Crippen molar-refractivity contribution in [3.8, 4) is 0 Å². The van der Waals surface area contributed by atoms with Gasteiger partial charge in [0.05, 0.1) is 0 Å². The summed E-state index contributed by atoms with van der Waals surface area (Å²) in [5.74, 6) is 0.354. The van der Waals surface area contributed by atoms with Gasteiger partial charge in [0, 0.05) is 26.1 Å². The maximum Gasteiger partial charge on any atom is 0.317 e. The number of carbonyl (C=O) groups is 2. The lowest BCUT2D eigenvalue weighted by Gasteiger charge is -2.33. The summed E-state index contributed by atoms with van der Waals surface area (Å²) in [6.07, 6.45) is 6.30. The minimum atomic E-state index is -0.753. The molecule has 0 radical (unpaired) electrons. The van der Waals surface area contributed by atoms with Gasteiger partial charge in [-0.05, 0) is 50.4 Å². The van der Waals surface area contributed by atoms with Crippen LogP contribution in [0, 0.1) is 11.8 Å². The molecule has 21 heavy (non-hydrogen) atoms. The fraction of sp³-hybridized carbons (Fsp3) is 0.875. The number of hydrogen-bond donors (Lipinski definition) is 2. The van der Waals surface area contributed by atoms with Gasteiger partial charge in [-0.25, -0.2) is 4.79 Å². The van der Waals surface area contributed by atoms with Crippen LogP contribution in [0.5, 0.6) is 0 Å². The number of hydrogen-bond acceptors (Lipinski definition) is 2. The van der Waals surface area contributed by atoms with E-state index in [0.717, 1.165) is 25.2 Å². The first-order valence-electron chi connectivity index (χ1n) is 8.12. The molecule has 0 aliphatic heterocycles. The summed E-state index contributed by atoms with van der Waals surface area (Å²) < 4.78 is 0. The van der Waals surface area contributed by atoms with E-state index in [1.54, 1.807) is 0 Å². The van der Waals surface area contributed by atoms with Gasteiger partial charge >= 0.3 is 12.0 Å². The zero-order chi connectivity index (χ0) is 15.8. The molecular weight excluding hydrogens is 268 g/mol. The zero-order valence-corrected chi connectivity index (χ0v) is 13.6. The van der Waals surface area contributed by atoms with Crippen molar-refractivity contribution in [2.75, 3.05) is 13.6 Å². The van der Waals surface area contributed by atoms with E-state index in [9.17, 15) is 9.59 Å². The first kappa shape index (κ1) is 17.8. The number of nitrogens with one attached hydrogen (secondary N) is 1. The van der Waals surface area contributed by atoms with Crippen molar-refractivity contribution in [1.29, 1.82) is 0 Å². The van der Waals surface area contributed by atoms with Gasteiger partial charge in [-0.2, -0.15) is 0 Å². The topological polar surface area (TPSA) is 69.6 Å². The summed E-state index contributed by atoms with van der Waals surface area (Å²) in [6.45, 7) is 4.92. The minimum Gasteiger partial charge on any atom is -0.481 e. The lowest BCUT2D eigenvalue weighted by Crippen LogP contribution is -2.45. The monoisotopic (exact) mass is 298 g/mol. The van der Waals surface area contributed by atoms with Gasteiger partial charge in [-0.15, -0.1) is 0 Å². The Morgan fingerprint density at radius 2 is 1.86 bits per heavy atom. The molecule has 122 valence electrons. The summed E-state index contributed by atoms with van der Waals surface area (Å²) >= 11 is 0. The molecule has 1 saturated carbocycles. The first-order valence-corrected chi connectivity index (χ1v) is 8.12. The second-order valence-corrected chi connectivity index (χ2v) is 6.58. The molecular formula is C16H30N2O3. The molecule has 1 rings (SSSR count). The molecule has 0 spiro atoms. The van der Waals surface area contributed by atoms with Crippen molar-refractivity contribution in [1.82, 2.24) is 10.2 Å². The van der Waals surface area contributed by atoms with Crippen molar-refractivity contribution in [3.63, 3.8) is 0 Å². The fourth-order valence-corrected chi connectivity index (χ4v) is 2.86. The van der Waals surface area contributed by atoms with Crippen LogP contribution < -0.4 is 5.32 Å². The minimum absolute atomic E-state index is 0.0000114. The molecule has 0 aromatic rings. The van der Waals surface area contributed by atoms with Crippen LogP contribution in [0.15, 0.2) is 0 Å². The van der Waals surface area contributed by atoms with Gasteiger partial charge in [-0.3, -0.25) is 4.79 Å². The standard InChI is InChI=1S/C16H30N2O3/c1-12-4-7-14(8-5-12)18(3)16(21)17-11-10-13(2)6-9-15(19)20/h12-14H,4-11H2,1-3H3,(H,17,21)(H,19,20). The Kier molecular flexibility index (Phi) is 7.54. The molecule has 0 aromatic heterocycles. The predicted octanol–water partition coefficient (Wildman–Crippen LogP) is 3.10. The van der Waals surface area contributed by atoms with E-state index in [1.807, 2.05) is 18.9 Å². The number of carboxylic acids is 1. The van der Waals surface area contributed by atoms with Crippen LogP contribution in [0.25, 0.3) is 0 Å². The van der Waals surface area contributed by atoms with E-state index in [2.05, 4.69) is 12.2 Å². The van der Waals surface area contributed by atoms with Crippen molar-refractivity contribution in [2.45, 2.75) is 64.8 Å². The number of aliphatic carboxylic acids is 1. The third kappa shape index (κ3) is 6.82. The highest BCUT2D eigenvalue weighted by atomic mass is 16.4. The number of rotatable bonds is 7.